The zero-order valence-corrected chi connectivity index (χ0v) is 19.4. The van der Waals surface area contributed by atoms with E-state index in [2.05, 4.69) is 15.5 Å². The van der Waals surface area contributed by atoms with Crippen LogP contribution < -0.4 is 5.32 Å². The van der Waals surface area contributed by atoms with Gasteiger partial charge in [-0.3, -0.25) is 4.79 Å². The van der Waals surface area contributed by atoms with Gasteiger partial charge in [-0.1, -0.05) is 41.6 Å². The van der Waals surface area contributed by atoms with Gasteiger partial charge in [0.2, 0.25) is 5.82 Å². The molecule has 0 unspecified atom stereocenters. The van der Waals surface area contributed by atoms with E-state index in [-0.39, 0.29) is 46.1 Å². The smallest absolute Gasteiger partial charge is 0.426 e. The van der Waals surface area contributed by atoms with Gasteiger partial charge in [0.25, 0.3) is 5.89 Å². The third-order valence-electron chi connectivity index (χ3n) is 6.04. The average Bonchev–Trinajstić information content (AvgIpc) is 3.58. The van der Waals surface area contributed by atoms with Gasteiger partial charge in [-0.15, -0.1) is 11.3 Å². The van der Waals surface area contributed by atoms with Crippen molar-refractivity contribution in [2.75, 3.05) is 6.54 Å². The third-order valence-corrected chi connectivity index (χ3v) is 7.21. The fourth-order valence-electron chi connectivity index (χ4n) is 4.32. The quantitative estimate of drug-likeness (QED) is 0.287. The van der Waals surface area contributed by atoms with Crippen LogP contribution in [0.4, 0.5) is 17.6 Å². The first-order chi connectivity index (χ1) is 17.2. The number of nitrogens with zero attached hydrogens (tertiary/aromatic N) is 2. The Balaban J connectivity index is 1.37. The lowest BCUT2D eigenvalue weighted by molar-refractivity contribution is -0.138. The highest BCUT2D eigenvalue weighted by Crippen LogP contribution is 2.45. The molecular weight excluding hydrogens is 498 g/mol. The fourth-order valence-corrected chi connectivity index (χ4v) is 5.29. The van der Waals surface area contributed by atoms with Crippen molar-refractivity contribution in [3.63, 3.8) is 0 Å². The van der Waals surface area contributed by atoms with E-state index in [0.717, 1.165) is 17.7 Å². The second-order valence-corrected chi connectivity index (χ2v) is 9.62. The molecule has 6 nitrogen and oxygen atoms in total. The van der Waals surface area contributed by atoms with Crippen LogP contribution in [-0.4, -0.2) is 27.8 Å². The van der Waals surface area contributed by atoms with Crippen LogP contribution >= 0.6 is 11.3 Å². The Morgan fingerprint density at radius 3 is 2.47 bits per heavy atom. The molecule has 186 valence electrons. The maximum atomic E-state index is 13.7. The number of alkyl halides is 3. The highest BCUT2D eigenvalue weighted by Gasteiger charge is 2.37. The average molecular weight is 518 g/mol. The number of hydrogen-bond donors (Lipinski definition) is 2. The van der Waals surface area contributed by atoms with E-state index in [1.54, 1.807) is 12.1 Å². The summed E-state index contributed by atoms with van der Waals surface area (Å²) in [4.78, 5) is 14.5. The zero-order chi connectivity index (χ0) is 25.4. The van der Waals surface area contributed by atoms with E-state index in [9.17, 15) is 22.4 Å². The Hall–Kier alpha value is -3.57. The van der Waals surface area contributed by atoms with Crippen molar-refractivity contribution >= 4 is 17.3 Å². The van der Waals surface area contributed by atoms with Crippen LogP contribution in [-0.2, 0) is 11.0 Å². The Labute approximate surface area is 206 Å². The van der Waals surface area contributed by atoms with Crippen molar-refractivity contribution in [2.24, 2.45) is 5.92 Å². The molecule has 1 aliphatic rings. The minimum atomic E-state index is -4.61. The molecule has 5 rings (SSSR count). The summed E-state index contributed by atoms with van der Waals surface area (Å²) < 4.78 is 59.6. The Kier molecular flexibility index (Phi) is 6.35. The number of thiophene rings is 1. The molecule has 2 aromatic carbocycles. The number of rotatable bonds is 6. The van der Waals surface area contributed by atoms with Crippen molar-refractivity contribution in [1.29, 1.82) is 0 Å². The summed E-state index contributed by atoms with van der Waals surface area (Å²) in [6.45, 7) is 0.632. The van der Waals surface area contributed by atoms with Gasteiger partial charge in [-0.25, -0.2) is 4.39 Å². The van der Waals surface area contributed by atoms with Gasteiger partial charge in [0.1, 0.15) is 10.7 Å². The summed E-state index contributed by atoms with van der Waals surface area (Å²) in [5.41, 5.74) is 1.76. The van der Waals surface area contributed by atoms with Crippen molar-refractivity contribution in [2.45, 2.75) is 25.1 Å². The van der Waals surface area contributed by atoms with Gasteiger partial charge in [-0.2, -0.15) is 18.2 Å². The van der Waals surface area contributed by atoms with Gasteiger partial charge >= 0.3 is 12.1 Å². The van der Waals surface area contributed by atoms with Gasteiger partial charge in [0.15, 0.2) is 0 Å². The SMILES string of the molecule is O=C(O)C[C@H]1CN[C@H](c2ccc(-c3noc(-c4cc(-c5ccc(F)cc5)c(C(F)(F)F)s4)n3)cc2)C1. The minimum Gasteiger partial charge on any atom is -0.481 e. The lowest BCUT2D eigenvalue weighted by Crippen LogP contribution is -2.14. The monoisotopic (exact) mass is 517 g/mol. The number of halogens is 4. The fraction of sp³-hybridized carbons (Fsp3) is 0.240. The molecule has 0 amide bonds. The van der Waals surface area contributed by atoms with Gasteiger partial charge in [-0.05, 0) is 48.2 Å². The zero-order valence-electron chi connectivity index (χ0n) is 18.6. The Morgan fingerprint density at radius 1 is 1.11 bits per heavy atom. The molecule has 0 bridgehead atoms. The van der Waals surface area contributed by atoms with Gasteiger partial charge < -0.3 is 14.9 Å². The second-order valence-electron chi connectivity index (χ2n) is 8.56. The maximum absolute atomic E-state index is 13.7. The molecular formula is C25H19F4N3O3S. The summed E-state index contributed by atoms with van der Waals surface area (Å²) in [7, 11) is 0. The van der Waals surface area contributed by atoms with Crippen molar-refractivity contribution in [3.05, 3.63) is 70.9 Å². The topological polar surface area (TPSA) is 88.2 Å². The predicted molar refractivity (Wildman–Crippen MR) is 125 cm³/mol. The second kappa shape index (κ2) is 9.47. The molecule has 2 aromatic heterocycles. The van der Waals surface area contributed by atoms with E-state index in [1.165, 1.54) is 18.2 Å². The normalized spacial score (nSPS) is 18.0. The highest BCUT2D eigenvalue weighted by atomic mass is 32.1. The number of aromatic nitrogens is 2. The number of carbonyl (C=O) groups is 1. The van der Waals surface area contributed by atoms with E-state index in [0.29, 0.717) is 29.9 Å². The first kappa shape index (κ1) is 24.1. The number of benzene rings is 2. The van der Waals surface area contributed by atoms with Crippen LogP contribution in [0.1, 0.15) is 29.3 Å². The predicted octanol–water partition coefficient (Wildman–Crippen LogP) is 6.42. The molecule has 0 radical (unpaired) electrons. The molecule has 4 aromatic rings. The molecule has 11 heteroatoms. The summed E-state index contributed by atoms with van der Waals surface area (Å²) in [6.07, 6.45) is -3.77. The minimum absolute atomic E-state index is 0.0426. The van der Waals surface area contributed by atoms with Crippen molar-refractivity contribution < 1.29 is 32.0 Å². The lowest BCUT2D eigenvalue weighted by Gasteiger charge is -2.11. The first-order valence-electron chi connectivity index (χ1n) is 11.0. The standard InChI is InChI=1S/C25H19F4N3O3S/c26-17-7-5-14(6-8-17)18-11-20(36-22(18)25(27,28)29)24-31-23(32-35-24)16-3-1-15(2-4-16)19-9-13(12-30-19)10-21(33)34/h1-8,11,13,19,30H,9-10,12H2,(H,33,34)/t13-,19-/m0/s1. The highest BCUT2D eigenvalue weighted by molar-refractivity contribution is 7.16. The van der Waals surface area contributed by atoms with Crippen LogP contribution in [0.3, 0.4) is 0 Å². The Bertz CT molecular complexity index is 1380. The van der Waals surface area contributed by atoms with E-state index in [1.807, 2.05) is 12.1 Å². The summed E-state index contributed by atoms with van der Waals surface area (Å²) in [5.74, 6) is -1.11. The molecule has 2 atom stereocenters. The number of aliphatic carboxylic acids is 1. The van der Waals surface area contributed by atoms with Crippen LogP contribution in [0.15, 0.2) is 59.1 Å². The molecule has 36 heavy (non-hydrogen) atoms. The van der Waals surface area contributed by atoms with Gasteiger partial charge in [0.05, 0.1) is 4.88 Å². The molecule has 2 N–H and O–H groups in total. The number of carboxylic acids is 1. The molecule has 0 aliphatic carbocycles. The van der Waals surface area contributed by atoms with Crippen LogP contribution in [0.25, 0.3) is 33.3 Å². The first-order valence-corrected chi connectivity index (χ1v) is 11.9. The molecule has 1 aliphatic heterocycles. The largest absolute Gasteiger partial charge is 0.481 e. The van der Waals surface area contributed by atoms with Crippen LogP contribution in [0.5, 0.6) is 0 Å². The molecule has 1 saturated heterocycles. The van der Waals surface area contributed by atoms with E-state index in [4.69, 9.17) is 9.63 Å². The molecule has 3 heterocycles. The third kappa shape index (κ3) is 5.02. The maximum Gasteiger partial charge on any atom is 0.426 e. The summed E-state index contributed by atoms with van der Waals surface area (Å²) in [5, 5.41) is 16.2. The molecule has 1 fully saturated rings. The van der Waals surface area contributed by atoms with Crippen molar-refractivity contribution in [3.8, 4) is 33.3 Å². The van der Waals surface area contributed by atoms with E-state index >= 15 is 0 Å². The van der Waals surface area contributed by atoms with E-state index < -0.39 is 22.8 Å². The van der Waals surface area contributed by atoms with Crippen LogP contribution in [0, 0.1) is 11.7 Å². The number of carboxylic acid groups (broad SMARTS) is 1. The summed E-state index contributed by atoms with van der Waals surface area (Å²) in [6, 6.07) is 13.5. The Morgan fingerprint density at radius 2 is 1.81 bits per heavy atom. The van der Waals surface area contributed by atoms with Gasteiger partial charge in [0, 0.05) is 23.6 Å². The molecule has 0 spiro atoms. The lowest BCUT2D eigenvalue weighted by atomic mass is 9.97. The molecule has 0 saturated carbocycles. The van der Waals surface area contributed by atoms with Crippen LogP contribution in [0.2, 0.25) is 0 Å². The number of hydrogen-bond acceptors (Lipinski definition) is 6. The van der Waals surface area contributed by atoms with Crippen molar-refractivity contribution in [1.82, 2.24) is 15.5 Å². The number of nitrogens with one attached hydrogen (secondary N) is 1. The summed E-state index contributed by atoms with van der Waals surface area (Å²) >= 11 is 0.486.